The number of para-hydroxylation sites is 2. The van der Waals surface area contributed by atoms with Crippen molar-refractivity contribution in [2.24, 2.45) is 0 Å². The second-order valence-electron chi connectivity index (χ2n) is 7.18. The molecule has 8 heteroatoms. The van der Waals surface area contributed by atoms with Crippen LogP contribution in [0.25, 0.3) is 28.3 Å². The summed E-state index contributed by atoms with van der Waals surface area (Å²) in [5.41, 5.74) is 2.06. The molecule has 0 unspecified atom stereocenters. The third kappa shape index (κ3) is 4.51. The van der Waals surface area contributed by atoms with Crippen molar-refractivity contribution in [3.8, 4) is 45.6 Å². The summed E-state index contributed by atoms with van der Waals surface area (Å²) in [5.74, 6) is -0.423. The first-order valence-electron chi connectivity index (χ1n) is 10.1. The van der Waals surface area contributed by atoms with Gasteiger partial charge in [0.2, 0.25) is 0 Å². The van der Waals surface area contributed by atoms with Gasteiger partial charge >= 0.3 is 5.97 Å². The number of phenols is 2. The van der Waals surface area contributed by atoms with Gasteiger partial charge < -0.3 is 24.8 Å². The Morgan fingerprint density at radius 2 is 1.61 bits per heavy atom. The molecule has 1 heterocycles. The van der Waals surface area contributed by atoms with Gasteiger partial charge in [-0.15, -0.1) is 0 Å². The number of aromatic carboxylic acids is 1. The molecule has 0 saturated heterocycles. The predicted molar refractivity (Wildman–Crippen MR) is 122 cm³/mol. The predicted octanol–water partition coefficient (Wildman–Crippen LogP) is 4.34. The lowest BCUT2D eigenvalue weighted by Crippen LogP contribution is -2.09. The zero-order valence-electron chi connectivity index (χ0n) is 17.8. The van der Waals surface area contributed by atoms with Gasteiger partial charge in [-0.3, -0.25) is 4.57 Å². The third-order valence-corrected chi connectivity index (χ3v) is 5.05. The fraction of sp³-hybridized carbons (Fsp3) is 0.120. The Morgan fingerprint density at radius 3 is 2.24 bits per heavy atom. The lowest BCUT2D eigenvalue weighted by atomic mass is 10.1. The Balaban J connectivity index is 1.89. The quantitative estimate of drug-likeness (QED) is 0.345. The summed E-state index contributed by atoms with van der Waals surface area (Å²) in [5, 5.41) is 30.3. The largest absolute Gasteiger partial charge is 0.507 e. The Morgan fingerprint density at radius 1 is 0.939 bits per heavy atom. The summed E-state index contributed by atoms with van der Waals surface area (Å²) >= 11 is 0. The number of rotatable bonds is 8. The zero-order valence-corrected chi connectivity index (χ0v) is 17.8. The molecule has 0 fully saturated rings. The summed E-state index contributed by atoms with van der Waals surface area (Å²) in [7, 11) is 1.53. The number of benzene rings is 3. The average Bonchev–Trinajstić information content (AvgIpc) is 3.24. The topological polar surface area (TPSA) is 114 Å². The molecule has 1 aromatic heterocycles. The van der Waals surface area contributed by atoms with E-state index >= 15 is 0 Å². The Hall–Kier alpha value is -4.30. The number of nitrogens with zero attached hydrogens (tertiary/aromatic N) is 2. The van der Waals surface area contributed by atoms with Gasteiger partial charge in [-0.25, -0.2) is 9.78 Å². The van der Waals surface area contributed by atoms with Gasteiger partial charge in [-0.2, -0.15) is 0 Å². The second kappa shape index (κ2) is 9.46. The fourth-order valence-corrected chi connectivity index (χ4v) is 3.44. The van der Waals surface area contributed by atoms with Crippen LogP contribution in [-0.2, 0) is 4.74 Å². The first-order valence-corrected chi connectivity index (χ1v) is 10.1. The van der Waals surface area contributed by atoms with E-state index in [0.717, 1.165) is 0 Å². The van der Waals surface area contributed by atoms with Crippen molar-refractivity contribution in [1.29, 1.82) is 0 Å². The number of aromatic nitrogens is 2. The molecular formula is C25H22N2O6. The molecule has 0 atom stereocenters. The summed E-state index contributed by atoms with van der Waals surface area (Å²) in [6, 6.07) is 18.3. The van der Waals surface area contributed by atoms with E-state index in [1.54, 1.807) is 71.4 Å². The second-order valence-corrected chi connectivity index (χ2v) is 7.18. The Bertz CT molecular complexity index is 1300. The van der Waals surface area contributed by atoms with Crippen molar-refractivity contribution in [2.75, 3.05) is 20.3 Å². The molecule has 0 radical (unpaired) electrons. The molecule has 0 bridgehead atoms. The molecule has 4 rings (SSSR count). The maximum Gasteiger partial charge on any atom is 0.339 e. The molecule has 3 N–H and O–H groups in total. The van der Waals surface area contributed by atoms with Crippen LogP contribution in [0.2, 0.25) is 0 Å². The van der Waals surface area contributed by atoms with Gasteiger partial charge in [-0.05, 0) is 36.4 Å². The molecule has 8 nitrogen and oxygen atoms in total. The van der Waals surface area contributed by atoms with Gasteiger partial charge in [0.25, 0.3) is 0 Å². The standard InChI is InChI=1S/C25H22N2O6/c1-32-12-13-33-23-14-16(10-11-19(23)25(30)31)27-15-20(17-6-2-4-8-21(17)28)26-24(27)18-7-3-5-9-22(18)29/h2-11,14-15,28-29H,12-13H2,1H3,(H,30,31). The van der Waals surface area contributed by atoms with E-state index in [4.69, 9.17) is 9.47 Å². The first-order chi connectivity index (χ1) is 16.0. The van der Waals surface area contributed by atoms with Crippen LogP contribution in [0.1, 0.15) is 10.4 Å². The molecule has 0 amide bonds. The van der Waals surface area contributed by atoms with E-state index in [9.17, 15) is 20.1 Å². The number of phenolic OH excluding ortho intramolecular Hbond substituents is 2. The maximum absolute atomic E-state index is 11.7. The Labute approximate surface area is 189 Å². The van der Waals surface area contributed by atoms with E-state index in [-0.39, 0.29) is 29.4 Å². The molecule has 0 spiro atoms. The molecule has 168 valence electrons. The van der Waals surface area contributed by atoms with E-state index in [0.29, 0.717) is 34.9 Å². The van der Waals surface area contributed by atoms with Gasteiger partial charge in [-0.1, -0.05) is 24.3 Å². The fourth-order valence-electron chi connectivity index (χ4n) is 3.44. The van der Waals surface area contributed by atoms with Crippen molar-refractivity contribution in [3.05, 3.63) is 78.5 Å². The highest BCUT2D eigenvalue weighted by molar-refractivity contribution is 5.91. The highest BCUT2D eigenvalue weighted by Gasteiger charge is 2.19. The van der Waals surface area contributed by atoms with Crippen LogP contribution < -0.4 is 4.74 Å². The number of carbonyl (C=O) groups is 1. The first kappa shape index (κ1) is 21.9. The number of carboxylic acid groups (broad SMARTS) is 1. The minimum absolute atomic E-state index is 0.0139. The SMILES string of the molecule is COCCOc1cc(-n2cc(-c3ccccc3O)nc2-c2ccccc2O)ccc1C(=O)O. The van der Waals surface area contributed by atoms with E-state index in [1.165, 1.54) is 13.2 Å². The van der Waals surface area contributed by atoms with Crippen molar-refractivity contribution >= 4 is 5.97 Å². The minimum Gasteiger partial charge on any atom is -0.507 e. The van der Waals surface area contributed by atoms with Crippen molar-refractivity contribution in [3.63, 3.8) is 0 Å². The van der Waals surface area contributed by atoms with Gasteiger partial charge in [0.1, 0.15) is 35.2 Å². The smallest absolute Gasteiger partial charge is 0.339 e. The van der Waals surface area contributed by atoms with Crippen molar-refractivity contribution < 1.29 is 29.6 Å². The van der Waals surface area contributed by atoms with Crippen LogP contribution >= 0.6 is 0 Å². The van der Waals surface area contributed by atoms with Crippen LogP contribution in [0.3, 0.4) is 0 Å². The molecule has 0 aliphatic carbocycles. The Kier molecular flexibility index (Phi) is 6.28. The molecule has 0 aliphatic rings. The molecule has 0 saturated carbocycles. The maximum atomic E-state index is 11.7. The van der Waals surface area contributed by atoms with Crippen LogP contribution in [0.15, 0.2) is 72.9 Å². The van der Waals surface area contributed by atoms with E-state index in [2.05, 4.69) is 4.98 Å². The molecule has 3 aromatic carbocycles. The molecule has 33 heavy (non-hydrogen) atoms. The molecule has 4 aromatic rings. The highest BCUT2D eigenvalue weighted by atomic mass is 16.5. The normalized spacial score (nSPS) is 10.8. The number of aromatic hydroxyl groups is 2. The van der Waals surface area contributed by atoms with Crippen molar-refractivity contribution in [2.45, 2.75) is 0 Å². The van der Waals surface area contributed by atoms with Gasteiger partial charge in [0.05, 0.1) is 23.6 Å². The monoisotopic (exact) mass is 446 g/mol. The number of carboxylic acids is 1. The summed E-state index contributed by atoms with van der Waals surface area (Å²) in [4.78, 5) is 16.3. The average molecular weight is 446 g/mol. The number of hydrogen-bond donors (Lipinski definition) is 3. The molecular weight excluding hydrogens is 424 g/mol. The van der Waals surface area contributed by atoms with E-state index in [1.807, 2.05) is 0 Å². The number of imidazole rings is 1. The lowest BCUT2D eigenvalue weighted by molar-refractivity contribution is 0.0689. The van der Waals surface area contributed by atoms with Gasteiger partial charge in [0, 0.05) is 24.9 Å². The minimum atomic E-state index is -1.12. The van der Waals surface area contributed by atoms with Crippen LogP contribution in [0.4, 0.5) is 0 Å². The summed E-state index contributed by atoms with van der Waals surface area (Å²) in [6.07, 6.45) is 1.71. The van der Waals surface area contributed by atoms with Crippen LogP contribution in [0, 0.1) is 0 Å². The molecule has 0 aliphatic heterocycles. The van der Waals surface area contributed by atoms with Crippen LogP contribution in [-0.4, -0.2) is 51.2 Å². The van der Waals surface area contributed by atoms with Gasteiger partial charge in [0.15, 0.2) is 0 Å². The van der Waals surface area contributed by atoms with Crippen LogP contribution in [0.5, 0.6) is 17.2 Å². The third-order valence-electron chi connectivity index (χ3n) is 5.05. The zero-order chi connectivity index (χ0) is 23.4. The number of hydrogen-bond acceptors (Lipinski definition) is 6. The summed E-state index contributed by atoms with van der Waals surface area (Å²) < 4.78 is 12.4. The highest BCUT2D eigenvalue weighted by Crippen LogP contribution is 2.36. The van der Waals surface area contributed by atoms with E-state index < -0.39 is 5.97 Å². The number of ether oxygens (including phenoxy) is 2. The summed E-state index contributed by atoms with van der Waals surface area (Å²) in [6.45, 7) is 0.481. The number of methoxy groups -OCH3 is 1. The van der Waals surface area contributed by atoms with Crippen molar-refractivity contribution in [1.82, 2.24) is 9.55 Å². The lowest BCUT2D eigenvalue weighted by Gasteiger charge is -2.13.